The lowest BCUT2D eigenvalue weighted by Gasteiger charge is -2.19. The summed E-state index contributed by atoms with van der Waals surface area (Å²) in [6.45, 7) is 6.81. The van der Waals surface area contributed by atoms with Gasteiger partial charge < -0.3 is 5.32 Å². The molecule has 2 aromatic carbocycles. The van der Waals surface area contributed by atoms with Crippen LogP contribution in [0.25, 0.3) is 10.9 Å². The summed E-state index contributed by atoms with van der Waals surface area (Å²) in [7, 11) is 0. The molecule has 0 aliphatic heterocycles. The molecule has 0 bridgehead atoms. The van der Waals surface area contributed by atoms with E-state index in [-0.39, 0.29) is 23.4 Å². The number of nitrogens with one attached hydrogen (secondary N) is 1. The van der Waals surface area contributed by atoms with E-state index in [2.05, 4.69) is 65.8 Å². The molecule has 8 nitrogen and oxygen atoms in total. The molecule has 31 heavy (non-hydrogen) atoms. The molecule has 0 saturated carbocycles. The number of amides is 1. The Morgan fingerprint density at radius 3 is 2.48 bits per heavy atom. The Kier molecular flexibility index (Phi) is 5.37. The van der Waals surface area contributed by atoms with E-state index in [1.807, 2.05) is 0 Å². The Labute approximate surface area is 179 Å². The van der Waals surface area contributed by atoms with Gasteiger partial charge in [-0.05, 0) is 28.7 Å². The zero-order valence-corrected chi connectivity index (χ0v) is 17.7. The largest absolute Gasteiger partial charge is 0.309 e. The quantitative estimate of drug-likeness (QED) is 0.540. The van der Waals surface area contributed by atoms with Gasteiger partial charge in [0.05, 0.1) is 18.1 Å². The van der Waals surface area contributed by atoms with Crippen molar-refractivity contribution in [1.29, 1.82) is 0 Å². The molecule has 0 atom stereocenters. The summed E-state index contributed by atoms with van der Waals surface area (Å²) in [6, 6.07) is 17.0. The van der Waals surface area contributed by atoms with Gasteiger partial charge in [0.15, 0.2) is 0 Å². The second kappa shape index (κ2) is 8.14. The van der Waals surface area contributed by atoms with E-state index in [1.165, 1.54) is 5.56 Å². The van der Waals surface area contributed by atoms with Crippen molar-refractivity contribution in [3.63, 3.8) is 0 Å². The van der Waals surface area contributed by atoms with Crippen molar-refractivity contribution < 1.29 is 4.79 Å². The molecule has 0 aliphatic carbocycles. The maximum atomic E-state index is 12.5. The van der Waals surface area contributed by atoms with Crippen molar-refractivity contribution >= 4 is 22.6 Å². The third-order valence-electron chi connectivity index (χ3n) is 5.06. The van der Waals surface area contributed by atoms with Crippen molar-refractivity contribution in [1.82, 2.24) is 24.8 Å². The van der Waals surface area contributed by atoms with E-state index in [9.17, 15) is 9.59 Å². The van der Waals surface area contributed by atoms with Crippen molar-refractivity contribution in [2.75, 3.05) is 5.32 Å². The van der Waals surface area contributed by atoms with Crippen molar-refractivity contribution in [2.45, 2.75) is 39.3 Å². The molecule has 2 aromatic heterocycles. The lowest BCUT2D eigenvalue weighted by Crippen LogP contribution is -2.31. The van der Waals surface area contributed by atoms with E-state index in [0.29, 0.717) is 23.3 Å². The van der Waals surface area contributed by atoms with E-state index >= 15 is 0 Å². The highest BCUT2D eigenvalue weighted by atomic mass is 16.2. The molecule has 0 fully saturated rings. The van der Waals surface area contributed by atoms with Crippen LogP contribution in [-0.4, -0.2) is 30.7 Å². The normalized spacial score (nSPS) is 11.6. The number of carbonyl (C=O) groups is 1. The van der Waals surface area contributed by atoms with Crippen LogP contribution < -0.4 is 10.9 Å². The first kappa shape index (κ1) is 20.5. The third kappa shape index (κ3) is 4.53. The number of anilines is 1. The van der Waals surface area contributed by atoms with Gasteiger partial charge in [-0.1, -0.05) is 62.4 Å². The molecule has 0 spiro atoms. The number of rotatable bonds is 5. The van der Waals surface area contributed by atoms with Crippen LogP contribution in [0.2, 0.25) is 0 Å². The average Bonchev–Trinajstić information content (AvgIpc) is 3.16. The minimum atomic E-state index is -0.378. The molecule has 0 aliphatic rings. The molecule has 1 amide bonds. The first-order chi connectivity index (χ1) is 14.8. The van der Waals surface area contributed by atoms with Gasteiger partial charge in [-0.2, -0.15) is 5.10 Å². The van der Waals surface area contributed by atoms with Crippen LogP contribution in [0.4, 0.5) is 5.82 Å². The molecule has 2 heterocycles. The van der Waals surface area contributed by atoms with Gasteiger partial charge in [0.1, 0.15) is 17.9 Å². The summed E-state index contributed by atoms with van der Waals surface area (Å²) in [6.07, 6.45) is 1.63. The highest BCUT2D eigenvalue weighted by molar-refractivity contribution is 5.89. The number of hydrogen-bond donors (Lipinski definition) is 1. The zero-order valence-electron chi connectivity index (χ0n) is 17.7. The average molecular weight is 416 g/mol. The second-order valence-corrected chi connectivity index (χ2v) is 8.44. The smallest absolute Gasteiger partial charge is 0.278 e. The van der Waals surface area contributed by atoms with E-state index in [4.69, 9.17) is 0 Å². The molecule has 8 heteroatoms. The molecule has 0 saturated heterocycles. The molecular weight excluding hydrogens is 392 g/mol. The predicted molar refractivity (Wildman–Crippen MR) is 119 cm³/mol. The van der Waals surface area contributed by atoms with E-state index in [1.54, 1.807) is 41.2 Å². The van der Waals surface area contributed by atoms with Gasteiger partial charge in [0.2, 0.25) is 5.91 Å². The Hall–Kier alpha value is -3.81. The van der Waals surface area contributed by atoms with Crippen LogP contribution in [0.3, 0.4) is 0 Å². The Morgan fingerprint density at radius 2 is 1.74 bits per heavy atom. The number of fused-ring (bicyclic) bond motifs is 1. The van der Waals surface area contributed by atoms with Crippen LogP contribution in [0, 0.1) is 0 Å². The summed E-state index contributed by atoms with van der Waals surface area (Å²) in [5.41, 5.74) is 2.57. The summed E-state index contributed by atoms with van der Waals surface area (Å²) >= 11 is 0. The monoisotopic (exact) mass is 416 g/mol. The van der Waals surface area contributed by atoms with Crippen LogP contribution in [0.5, 0.6) is 0 Å². The zero-order chi connectivity index (χ0) is 22.0. The van der Waals surface area contributed by atoms with Crippen LogP contribution in [0.1, 0.15) is 31.9 Å². The fourth-order valence-electron chi connectivity index (χ4n) is 3.29. The molecule has 158 valence electrons. The molecule has 0 unspecified atom stereocenters. The summed E-state index contributed by atoms with van der Waals surface area (Å²) in [4.78, 5) is 25.1. The molecule has 4 rings (SSSR count). The van der Waals surface area contributed by atoms with Gasteiger partial charge in [-0.25, -0.2) is 9.36 Å². The topological polar surface area (TPSA) is 94.7 Å². The lowest BCUT2D eigenvalue weighted by molar-refractivity contribution is -0.117. The Bertz CT molecular complexity index is 1280. The van der Waals surface area contributed by atoms with E-state index < -0.39 is 0 Å². The number of nitrogens with zero attached hydrogens (tertiary/aromatic N) is 5. The summed E-state index contributed by atoms with van der Waals surface area (Å²) in [5, 5.41) is 15.4. The van der Waals surface area contributed by atoms with Crippen molar-refractivity contribution in [3.8, 4) is 0 Å². The van der Waals surface area contributed by atoms with Crippen LogP contribution in [-0.2, 0) is 23.3 Å². The third-order valence-corrected chi connectivity index (χ3v) is 5.06. The predicted octanol–water partition coefficient (Wildman–Crippen LogP) is 2.97. The first-order valence-corrected chi connectivity index (χ1v) is 10.0. The lowest BCUT2D eigenvalue weighted by atomic mass is 9.87. The van der Waals surface area contributed by atoms with Crippen LogP contribution >= 0.6 is 0 Å². The number of hydrogen-bond acceptors (Lipinski definition) is 5. The van der Waals surface area contributed by atoms with Gasteiger partial charge >= 0.3 is 0 Å². The fraction of sp³-hybridized carbons (Fsp3) is 0.261. The maximum Gasteiger partial charge on any atom is 0.278 e. The molecule has 1 N–H and O–H groups in total. The van der Waals surface area contributed by atoms with Gasteiger partial charge in [-0.3, -0.25) is 9.59 Å². The molecule has 0 radical (unpaired) electrons. The van der Waals surface area contributed by atoms with Gasteiger partial charge in [-0.15, -0.1) is 5.10 Å². The highest BCUT2D eigenvalue weighted by Crippen LogP contribution is 2.22. The summed E-state index contributed by atoms with van der Waals surface area (Å²) < 4.78 is 2.77. The maximum absolute atomic E-state index is 12.5. The Morgan fingerprint density at radius 1 is 1.00 bits per heavy atom. The fourth-order valence-corrected chi connectivity index (χ4v) is 3.29. The first-order valence-electron chi connectivity index (χ1n) is 10.0. The van der Waals surface area contributed by atoms with Gasteiger partial charge in [0, 0.05) is 6.07 Å². The van der Waals surface area contributed by atoms with E-state index in [0.717, 1.165) is 10.2 Å². The number of carbonyl (C=O) groups excluding carboxylic acids is 1. The van der Waals surface area contributed by atoms with Crippen molar-refractivity contribution in [3.05, 3.63) is 82.3 Å². The summed E-state index contributed by atoms with van der Waals surface area (Å²) in [5.74, 6) is 0.170. The molecular formula is C23H24N6O2. The minimum Gasteiger partial charge on any atom is -0.309 e. The highest BCUT2D eigenvalue weighted by Gasteiger charge is 2.14. The molecule has 4 aromatic rings. The number of aromatic nitrogens is 5. The van der Waals surface area contributed by atoms with Crippen molar-refractivity contribution in [2.24, 2.45) is 0 Å². The Balaban J connectivity index is 1.46. The second-order valence-electron chi connectivity index (χ2n) is 8.44. The van der Waals surface area contributed by atoms with Gasteiger partial charge in [0.25, 0.3) is 5.56 Å². The minimum absolute atomic E-state index is 0.0904. The standard InChI is InChI=1S/C23H24N6O2/c1-23(2,3)17-10-8-16(9-11-17)14-28-20(12-13-24-28)25-21(30)15-29-22(31)18-6-4-5-7-19(18)26-27-29/h4-13H,14-15H2,1-3H3,(H,25,30). The van der Waals surface area contributed by atoms with Crippen LogP contribution in [0.15, 0.2) is 65.6 Å². The number of benzene rings is 2. The SMILES string of the molecule is CC(C)(C)c1ccc(Cn2nccc2NC(=O)Cn2nnc3ccccc3c2=O)cc1.